The number of esters is 3. The zero-order valence-electron chi connectivity index (χ0n) is 27.0. The van der Waals surface area contributed by atoms with Gasteiger partial charge in [0.2, 0.25) is 0 Å². The molecule has 0 radical (unpaired) electrons. The van der Waals surface area contributed by atoms with Gasteiger partial charge in [-0.3, -0.25) is 0 Å². The van der Waals surface area contributed by atoms with E-state index in [9.17, 15) is 19.6 Å². The van der Waals surface area contributed by atoms with Crippen LogP contribution in [0.5, 0.6) is 17.2 Å². The summed E-state index contributed by atoms with van der Waals surface area (Å²) < 4.78 is 22.9. The first-order valence-electron chi connectivity index (χ1n) is 16.0. The van der Waals surface area contributed by atoms with E-state index in [1.807, 2.05) is 60.7 Å². The van der Waals surface area contributed by atoms with E-state index in [0.717, 1.165) is 27.6 Å². The first kappa shape index (κ1) is 33.2. The summed E-state index contributed by atoms with van der Waals surface area (Å²) in [5.41, 5.74) is 2.22. The van der Waals surface area contributed by atoms with Crippen molar-refractivity contribution in [1.82, 2.24) is 0 Å². The number of carbonyl (C=O) groups is 3. The molecule has 0 spiro atoms. The van der Waals surface area contributed by atoms with Gasteiger partial charge < -0.3 is 18.9 Å². The van der Waals surface area contributed by atoms with Crippen LogP contribution in [0.2, 0.25) is 0 Å². The molecule has 0 aliphatic rings. The van der Waals surface area contributed by atoms with Crippen LogP contribution in [0.3, 0.4) is 0 Å². The van der Waals surface area contributed by atoms with Crippen LogP contribution in [0.1, 0.15) is 39.1 Å². The quantitative estimate of drug-likeness (QED) is 0.0553. The predicted octanol–water partition coefficient (Wildman–Crippen LogP) is 8.86. The van der Waals surface area contributed by atoms with Crippen molar-refractivity contribution in [3.63, 3.8) is 0 Å². The highest BCUT2D eigenvalue weighted by molar-refractivity contribution is 6.11. The van der Waals surface area contributed by atoms with Gasteiger partial charge in [0.05, 0.1) is 36.0 Å². The monoisotopic (exact) mass is 661 g/mol. The molecule has 0 aromatic heterocycles. The summed E-state index contributed by atoms with van der Waals surface area (Å²) in [4.78, 5) is 38.2. The van der Waals surface area contributed by atoms with Crippen molar-refractivity contribution in [2.45, 2.75) is 12.8 Å². The van der Waals surface area contributed by atoms with Crippen LogP contribution in [-0.4, -0.2) is 31.1 Å². The Morgan fingerprint density at radius 1 is 0.620 bits per heavy atom. The van der Waals surface area contributed by atoms with Crippen LogP contribution in [0.4, 0.5) is 0 Å². The molecular formula is C42H31NO7. The van der Waals surface area contributed by atoms with Crippen molar-refractivity contribution in [3.8, 4) is 34.4 Å². The van der Waals surface area contributed by atoms with Crippen molar-refractivity contribution in [1.29, 1.82) is 5.26 Å². The highest BCUT2D eigenvalue weighted by atomic mass is 16.5. The molecule has 0 N–H and O–H groups in total. The summed E-state index contributed by atoms with van der Waals surface area (Å²) in [7, 11) is 0. The molecule has 246 valence electrons. The second-order valence-corrected chi connectivity index (χ2v) is 11.2. The lowest BCUT2D eigenvalue weighted by Crippen LogP contribution is -2.11. The molecule has 0 saturated heterocycles. The minimum Gasteiger partial charge on any atom is -0.494 e. The zero-order valence-corrected chi connectivity index (χ0v) is 27.0. The molecule has 0 saturated carbocycles. The number of unbranched alkanes of at least 4 members (excludes halogenated alkanes) is 1. The Morgan fingerprint density at radius 3 is 1.64 bits per heavy atom. The number of benzene rings is 6. The third-order valence-electron chi connectivity index (χ3n) is 8.00. The maximum atomic E-state index is 13.6. The molecule has 0 atom stereocenters. The Hall–Kier alpha value is -6.72. The molecule has 0 heterocycles. The first-order valence-corrected chi connectivity index (χ1v) is 16.0. The molecule has 8 heteroatoms. The Kier molecular flexibility index (Phi) is 10.3. The number of rotatable bonds is 12. The van der Waals surface area contributed by atoms with E-state index in [0.29, 0.717) is 53.2 Å². The smallest absolute Gasteiger partial charge is 0.343 e. The maximum absolute atomic E-state index is 13.6. The van der Waals surface area contributed by atoms with Gasteiger partial charge in [0.25, 0.3) is 0 Å². The van der Waals surface area contributed by atoms with E-state index < -0.39 is 17.9 Å². The normalized spacial score (nSPS) is 10.6. The standard InChI is InChI=1S/C42H31NO7/c1-2-38(44)48-26-8-7-25-47-33-21-17-32(18-22-33)42(46)50-37-24-20-30-10-4-6-12-35(30)40(37)39-34-11-5-3-9-29(34)19-23-36(39)49-41(45)31-15-13-28(27-43)14-16-31/h2-6,9-24H,1,7-8,25-26H2. The number of fused-ring (bicyclic) bond motifs is 2. The van der Waals surface area contributed by atoms with Gasteiger partial charge in [-0.05, 0) is 95.1 Å². The van der Waals surface area contributed by atoms with Crippen molar-refractivity contribution in [2.24, 2.45) is 0 Å². The Bertz CT molecular complexity index is 2250. The van der Waals surface area contributed by atoms with Gasteiger partial charge >= 0.3 is 17.9 Å². The lowest BCUT2D eigenvalue weighted by Gasteiger charge is -2.19. The molecule has 50 heavy (non-hydrogen) atoms. The van der Waals surface area contributed by atoms with Crippen LogP contribution in [0.15, 0.2) is 134 Å². The Morgan fingerprint density at radius 2 is 1.12 bits per heavy atom. The minimum atomic E-state index is -0.594. The van der Waals surface area contributed by atoms with Crippen molar-refractivity contribution >= 4 is 39.5 Å². The summed E-state index contributed by atoms with van der Waals surface area (Å²) in [5.74, 6) is -0.465. The van der Waals surface area contributed by atoms with Crippen LogP contribution in [-0.2, 0) is 9.53 Å². The van der Waals surface area contributed by atoms with E-state index in [1.54, 1.807) is 60.7 Å². The number of hydrogen-bond acceptors (Lipinski definition) is 8. The first-order chi connectivity index (χ1) is 24.4. The lowest BCUT2D eigenvalue weighted by molar-refractivity contribution is -0.137. The van der Waals surface area contributed by atoms with E-state index in [-0.39, 0.29) is 17.9 Å². The van der Waals surface area contributed by atoms with E-state index in [1.165, 1.54) is 0 Å². The van der Waals surface area contributed by atoms with Crippen molar-refractivity contribution < 1.29 is 33.3 Å². The van der Waals surface area contributed by atoms with E-state index >= 15 is 0 Å². The maximum Gasteiger partial charge on any atom is 0.343 e. The van der Waals surface area contributed by atoms with E-state index in [2.05, 4.69) is 12.6 Å². The summed E-state index contributed by atoms with van der Waals surface area (Å²) in [5, 5.41) is 12.6. The zero-order chi connectivity index (χ0) is 34.9. The highest BCUT2D eigenvalue weighted by Gasteiger charge is 2.23. The van der Waals surface area contributed by atoms with Gasteiger partial charge in [-0.25, -0.2) is 14.4 Å². The molecule has 0 amide bonds. The van der Waals surface area contributed by atoms with Gasteiger partial charge in [0.15, 0.2) is 0 Å². The van der Waals surface area contributed by atoms with Crippen LogP contribution < -0.4 is 14.2 Å². The van der Waals surface area contributed by atoms with Gasteiger partial charge in [0, 0.05) is 17.2 Å². The van der Waals surface area contributed by atoms with Gasteiger partial charge in [0.1, 0.15) is 17.2 Å². The fraction of sp³-hybridized carbons (Fsp3) is 0.0952. The van der Waals surface area contributed by atoms with Crippen LogP contribution in [0.25, 0.3) is 32.7 Å². The number of nitriles is 1. The number of hydrogen-bond donors (Lipinski definition) is 0. The second kappa shape index (κ2) is 15.5. The molecule has 0 aliphatic heterocycles. The van der Waals surface area contributed by atoms with Crippen LogP contribution >= 0.6 is 0 Å². The van der Waals surface area contributed by atoms with Gasteiger partial charge in [-0.1, -0.05) is 67.2 Å². The fourth-order valence-corrected chi connectivity index (χ4v) is 5.50. The average molecular weight is 662 g/mol. The number of nitrogens with zero attached hydrogens (tertiary/aromatic N) is 1. The molecule has 0 fully saturated rings. The summed E-state index contributed by atoms with van der Waals surface area (Å²) in [6, 6.07) is 37.6. The SMILES string of the molecule is C=CC(=O)OCCCCOc1ccc(C(=O)Oc2ccc3ccccc3c2-c2c(OC(=O)c3ccc(C#N)cc3)ccc3ccccc23)cc1. The third kappa shape index (κ3) is 7.53. The topological polar surface area (TPSA) is 112 Å². The molecule has 0 aliphatic carbocycles. The molecule has 8 nitrogen and oxygen atoms in total. The largest absolute Gasteiger partial charge is 0.494 e. The van der Waals surface area contributed by atoms with Crippen molar-refractivity contribution in [3.05, 3.63) is 151 Å². The highest BCUT2D eigenvalue weighted by Crippen LogP contribution is 2.46. The summed E-state index contributed by atoms with van der Waals surface area (Å²) in [6.07, 6.45) is 2.45. The van der Waals surface area contributed by atoms with Gasteiger partial charge in [-0.2, -0.15) is 5.26 Å². The molecule has 0 bridgehead atoms. The Balaban J connectivity index is 1.30. The lowest BCUT2D eigenvalue weighted by atomic mass is 9.92. The predicted molar refractivity (Wildman–Crippen MR) is 190 cm³/mol. The molecular weight excluding hydrogens is 630 g/mol. The van der Waals surface area contributed by atoms with E-state index in [4.69, 9.17) is 18.9 Å². The second-order valence-electron chi connectivity index (χ2n) is 11.2. The fourth-order valence-electron chi connectivity index (χ4n) is 5.50. The van der Waals surface area contributed by atoms with Crippen molar-refractivity contribution in [2.75, 3.05) is 13.2 Å². The minimum absolute atomic E-state index is 0.284. The number of ether oxygens (including phenoxy) is 4. The summed E-state index contributed by atoms with van der Waals surface area (Å²) >= 11 is 0. The average Bonchev–Trinajstić information content (AvgIpc) is 3.16. The van der Waals surface area contributed by atoms with Crippen LogP contribution in [0, 0.1) is 11.3 Å². The Labute approximate surface area is 288 Å². The number of carbonyl (C=O) groups excluding carboxylic acids is 3. The third-order valence-corrected chi connectivity index (χ3v) is 8.00. The molecule has 6 aromatic rings. The summed E-state index contributed by atoms with van der Waals surface area (Å²) in [6.45, 7) is 4.07. The molecule has 6 aromatic carbocycles. The molecule has 0 unspecified atom stereocenters. The van der Waals surface area contributed by atoms with Gasteiger partial charge in [-0.15, -0.1) is 0 Å². The molecule has 6 rings (SSSR count).